The highest BCUT2D eigenvalue weighted by molar-refractivity contribution is 7.15. The lowest BCUT2D eigenvalue weighted by Crippen LogP contribution is -2.28. The molecule has 1 aliphatic rings. The topological polar surface area (TPSA) is 75.2 Å². The number of aryl methyl sites for hydroxylation is 1. The van der Waals surface area contributed by atoms with Gasteiger partial charge in [-0.1, -0.05) is 50.3 Å². The van der Waals surface area contributed by atoms with Gasteiger partial charge in [0.1, 0.15) is 5.01 Å². The monoisotopic (exact) mass is 372 g/mol. The molecule has 0 unspecified atom stereocenters. The first-order valence-electron chi connectivity index (χ1n) is 8.82. The third kappa shape index (κ3) is 3.62. The van der Waals surface area contributed by atoms with Gasteiger partial charge in [-0.05, 0) is 25.0 Å². The number of nitrogens with one attached hydrogen (secondary N) is 1. The van der Waals surface area contributed by atoms with Gasteiger partial charge in [-0.15, -0.1) is 10.2 Å². The van der Waals surface area contributed by atoms with Crippen LogP contribution < -0.4 is 10.2 Å². The molecule has 2 heterocycles. The summed E-state index contributed by atoms with van der Waals surface area (Å²) in [6.07, 6.45) is 1.16. The van der Waals surface area contributed by atoms with Crippen molar-refractivity contribution in [3.8, 4) is 0 Å². The number of aromatic nitrogens is 2. The second-order valence-corrected chi connectivity index (χ2v) is 8.31. The van der Waals surface area contributed by atoms with Crippen LogP contribution in [-0.4, -0.2) is 28.6 Å². The van der Waals surface area contributed by atoms with E-state index >= 15 is 0 Å². The maximum atomic E-state index is 12.6. The van der Waals surface area contributed by atoms with Crippen molar-refractivity contribution in [2.45, 2.75) is 46.0 Å². The van der Waals surface area contributed by atoms with Crippen molar-refractivity contribution in [2.75, 3.05) is 16.8 Å². The van der Waals surface area contributed by atoms with E-state index in [-0.39, 0.29) is 29.6 Å². The smallest absolute Gasteiger partial charge is 0.231 e. The summed E-state index contributed by atoms with van der Waals surface area (Å²) in [5, 5.41) is 12.5. The Balaban J connectivity index is 1.68. The first kappa shape index (κ1) is 18.5. The molecule has 2 amide bonds. The van der Waals surface area contributed by atoms with E-state index in [1.807, 2.05) is 31.2 Å². The van der Waals surface area contributed by atoms with E-state index in [1.54, 1.807) is 4.90 Å². The van der Waals surface area contributed by atoms with Gasteiger partial charge in [-0.25, -0.2) is 0 Å². The molecule has 1 aromatic carbocycles. The average Bonchev–Trinajstić information content (AvgIpc) is 3.23. The van der Waals surface area contributed by atoms with E-state index in [9.17, 15) is 9.59 Å². The van der Waals surface area contributed by atoms with E-state index in [0.717, 1.165) is 22.7 Å². The van der Waals surface area contributed by atoms with Crippen molar-refractivity contribution in [3.63, 3.8) is 0 Å². The van der Waals surface area contributed by atoms with Crippen LogP contribution in [0.4, 0.5) is 10.8 Å². The summed E-state index contributed by atoms with van der Waals surface area (Å²) in [6, 6.07) is 7.72. The molecular weight excluding hydrogens is 348 g/mol. The molecule has 1 N–H and O–H groups in total. The highest BCUT2D eigenvalue weighted by Gasteiger charge is 2.36. The van der Waals surface area contributed by atoms with Gasteiger partial charge in [0.05, 0.1) is 5.92 Å². The van der Waals surface area contributed by atoms with Crippen LogP contribution in [0.2, 0.25) is 0 Å². The van der Waals surface area contributed by atoms with E-state index in [4.69, 9.17) is 0 Å². The second-order valence-electron chi connectivity index (χ2n) is 7.33. The summed E-state index contributed by atoms with van der Waals surface area (Å²) in [6.45, 7) is 8.67. The molecule has 6 nitrogen and oxygen atoms in total. The molecule has 1 atom stereocenters. The molecule has 7 heteroatoms. The minimum absolute atomic E-state index is 0.0236. The maximum Gasteiger partial charge on any atom is 0.231 e. The molecule has 0 bridgehead atoms. The normalized spacial score (nSPS) is 17.6. The fourth-order valence-corrected chi connectivity index (χ4v) is 3.81. The highest BCUT2D eigenvalue weighted by atomic mass is 32.1. The van der Waals surface area contributed by atoms with Crippen LogP contribution in [-0.2, 0) is 15.0 Å². The first-order valence-corrected chi connectivity index (χ1v) is 9.64. The third-order valence-electron chi connectivity index (χ3n) is 5.02. The van der Waals surface area contributed by atoms with Gasteiger partial charge in [-0.3, -0.25) is 9.59 Å². The number of amides is 2. The van der Waals surface area contributed by atoms with Gasteiger partial charge >= 0.3 is 0 Å². The second kappa shape index (κ2) is 7.15. The van der Waals surface area contributed by atoms with E-state index in [2.05, 4.69) is 36.3 Å². The van der Waals surface area contributed by atoms with Crippen LogP contribution in [0, 0.1) is 12.8 Å². The molecule has 0 radical (unpaired) electrons. The molecule has 138 valence electrons. The number of nitrogens with zero attached hydrogens (tertiary/aromatic N) is 3. The van der Waals surface area contributed by atoms with Crippen molar-refractivity contribution in [1.82, 2.24) is 10.2 Å². The van der Waals surface area contributed by atoms with Crippen LogP contribution in [0.1, 0.15) is 44.2 Å². The van der Waals surface area contributed by atoms with Crippen molar-refractivity contribution in [3.05, 3.63) is 34.8 Å². The Bertz CT molecular complexity index is 830. The van der Waals surface area contributed by atoms with Gasteiger partial charge in [-0.2, -0.15) is 0 Å². The maximum absolute atomic E-state index is 12.6. The molecule has 0 spiro atoms. The van der Waals surface area contributed by atoms with Crippen molar-refractivity contribution >= 4 is 34.0 Å². The molecule has 0 saturated carbocycles. The Hall–Kier alpha value is -2.28. The number of para-hydroxylation sites is 1. The third-order valence-corrected chi connectivity index (χ3v) is 6.22. The van der Waals surface area contributed by atoms with Gasteiger partial charge in [0.25, 0.3) is 0 Å². The van der Waals surface area contributed by atoms with Crippen LogP contribution in [0.25, 0.3) is 0 Å². The number of rotatable bonds is 5. The zero-order chi connectivity index (χ0) is 18.9. The molecule has 1 aliphatic heterocycles. The van der Waals surface area contributed by atoms with Crippen molar-refractivity contribution in [1.29, 1.82) is 0 Å². The predicted octanol–water partition coefficient (Wildman–Crippen LogP) is 3.53. The zero-order valence-electron chi connectivity index (χ0n) is 15.6. The van der Waals surface area contributed by atoms with Gasteiger partial charge < -0.3 is 10.2 Å². The molecule has 1 fully saturated rings. The molecule has 1 saturated heterocycles. The van der Waals surface area contributed by atoms with Gasteiger partial charge in [0.15, 0.2) is 0 Å². The van der Waals surface area contributed by atoms with Gasteiger partial charge in [0.2, 0.25) is 16.9 Å². The quantitative estimate of drug-likeness (QED) is 0.871. The van der Waals surface area contributed by atoms with Crippen LogP contribution >= 0.6 is 11.3 Å². The largest absolute Gasteiger partial charge is 0.311 e. The zero-order valence-corrected chi connectivity index (χ0v) is 16.4. The van der Waals surface area contributed by atoms with Crippen LogP contribution in [0.3, 0.4) is 0 Å². The van der Waals surface area contributed by atoms with E-state index in [1.165, 1.54) is 11.3 Å². The molecular formula is C19H24N4O2S. The molecule has 1 aromatic heterocycles. The number of carbonyl (C=O) groups excluding carboxylic acids is 2. The predicted molar refractivity (Wildman–Crippen MR) is 103 cm³/mol. The number of anilines is 2. The molecule has 26 heavy (non-hydrogen) atoms. The molecule has 2 aromatic rings. The summed E-state index contributed by atoms with van der Waals surface area (Å²) < 4.78 is 0. The SMILES string of the molecule is CCC(C)(C)c1nnc(NC(=O)[C@@H]2CC(=O)N(c3ccccc3C)C2)s1. The lowest BCUT2D eigenvalue weighted by Gasteiger charge is -2.18. The Kier molecular flexibility index (Phi) is 5.09. The molecule has 0 aliphatic carbocycles. The minimum atomic E-state index is -0.381. The fourth-order valence-electron chi connectivity index (χ4n) is 2.89. The fraction of sp³-hybridized carbons (Fsp3) is 0.474. The Morgan fingerprint density at radius 2 is 2.08 bits per heavy atom. The Morgan fingerprint density at radius 3 is 2.77 bits per heavy atom. The van der Waals surface area contributed by atoms with E-state index < -0.39 is 0 Å². The summed E-state index contributed by atoms with van der Waals surface area (Å²) in [5.41, 5.74) is 1.83. The summed E-state index contributed by atoms with van der Waals surface area (Å²) in [5.74, 6) is -0.579. The summed E-state index contributed by atoms with van der Waals surface area (Å²) in [7, 11) is 0. The lowest BCUT2D eigenvalue weighted by molar-refractivity contribution is -0.122. The first-order chi connectivity index (χ1) is 12.3. The van der Waals surface area contributed by atoms with Crippen LogP contribution in [0.5, 0.6) is 0 Å². The lowest BCUT2D eigenvalue weighted by atomic mass is 9.91. The highest BCUT2D eigenvalue weighted by Crippen LogP contribution is 2.32. The number of hydrogen-bond acceptors (Lipinski definition) is 5. The Morgan fingerprint density at radius 1 is 1.35 bits per heavy atom. The standard InChI is InChI=1S/C19H24N4O2S/c1-5-19(3,4)17-21-22-18(26-17)20-16(25)13-10-15(24)23(11-13)14-9-7-6-8-12(14)2/h6-9,13H,5,10-11H2,1-4H3,(H,20,22,25)/t13-/m1/s1. The number of carbonyl (C=O) groups is 2. The summed E-state index contributed by atoms with van der Waals surface area (Å²) in [4.78, 5) is 26.7. The van der Waals surface area contributed by atoms with Crippen molar-refractivity contribution < 1.29 is 9.59 Å². The van der Waals surface area contributed by atoms with Gasteiger partial charge in [0, 0.05) is 24.1 Å². The average molecular weight is 372 g/mol. The summed E-state index contributed by atoms with van der Waals surface area (Å²) >= 11 is 1.40. The number of hydrogen-bond donors (Lipinski definition) is 1. The van der Waals surface area contributed by atoms with E-state index in [0.29, 0.717) is 11.7 Å². The van der Waals surface area contributed by atoms with Crippen LogP contribution in [0.15, 0.2) is 24.3 Å². The minimum Gasteiger partial charge on any atom is -0.311 e. The van der Waals surface area contributed by atoms with Crippen molar-refractivity contribution in [2.24, 2.45) is 5.92 Å². The number of benzene rings is 1. The molecule has 3 rings (SSSR count). The Labute approximate surface area is 157 Å².